The Morgan fingerprint density at radius 2 is 2.26 bits per heavy atom. The summed E-state index contributed by atoms with van der Waals surface area (Å²) >= 11 is 0. The van der Waals surface area contributed by atoms with Gasteiger partial charge in [-0.1, -0.05) is 0 Å². The van der Waals surface area contributed by atoms with Crippen molar-refractivity contribution in [3.63, 3.8) is 0 Å². The Balaban J connectivity index is 1.87. The lowest BCUT2D eigenvalue weighted by molar-refractivity contribution is 0.412. The first-order valence-corrected chi connectivity index (χ1v) is 6.68. The van der Waals surface area contributed by atoms with E-state index in [1.165, 1.54) is 0 Å². The highest BCUT2D eigenvalue weighted by Crippen LogP contribution is 2.27. The Morgan fingerprint density at radius 3 is 2.95 bits per heavy atom. The van der Waals surface area contributed by atoms with E-state index < -0.39 is 0 Å². The number of nitrogens with zero attached hydrogens (tertiary/aromatic N) is 1. The van der Waals surface area contributed by atoms with Gasteiger partial charge >= 0.3 is 0 Å². The molecule has 1 aromatic carbocycles. The highest BCUT2D eigenvalue weighted by Gasteiger charge is 2.19. The molecule has 0 spiro atoms. The minimum absolute atomic E-state index is 0.521. The molecule has 0 saturated carbocycles. The number of benzene rings is 1. The lowest BCUT2D eigenvalue weighted by Gasteiger charge is -2.06. The molecule has 0 bridgehead atoms. The SMILES string of the molecule is COc1ccc(-c2cnc(C3CCNC3)[nH]2)cc1C. The fourth-order valence-corrected chi connectivity index (χ4v) is 2.62. The van der Waals surface area contributed by atoms with Crippen LogP contribution in [0.2, 0.25) is 0 Å². The van der Waals surface area contributed by atoms with Gasteiger partial charge in [-0.05, 0) is 43.7 Å². The van der Waals surface area contributed by atoms with Crippen LogP contribution in [0.5, 0.6) is 5.75 Å². The van der Waals surface area contributed by atoms with E-state index >= 15 is 0 Å². The van der Waals surface area contributed by atoms with Crippen LogP contribution < -0.4 is 10.1 Å². The molecule has 3 rings (SSSR count). The first-order valence-electron chi connectivity index (χ1n) is 6.68. The second-order valence-electron chi connectivity index (χ2n) is 5.06. The van der Waals surface area contributed by atoms with Crippen LogP contribution in [0.4, 0.5) is 0 Å². The van der Waals surface area contributed by atoms with Gasteiger partial charge in [-0.25, -0.2) is 4.98 Å². The van der Waals surface area contributed by atoms with Gasteiger partial charge in [0.05, 0.1) is 19.0 Å². The van der Waals surface area contributed by atoms with Crippen LogP contribution in [-0.2, 0) is 0 Å². The van der Waals surface area contributed by atoms with Gasteiger partial charge in [0.1, 0.15) is 11.6 Å². The number of ether oxygens (including phenoxy) is 1. The molecule has 2 N–H and O–H groups in total. The van der Waals surface area contributed by atoms with E-state index in [1.807, 2.05) is 12.3 Å². The Hall–Kier alpha value is -1.81. The van der Waals surface area contributed by atoms with Crippen molar-refractivity contribution in [1.82, 2.24) is 15.3 Å². The maximum atomic E-state index is 5.29. The summed E-state index contributed by atoms with van der Waals surface area (Å²) in [5.41, 5.74) is 3.37. The standard InChI is InChI=1S/C15H19N3O/c1-10-7-11(3-4-14(10)19-2)13-9-17-15(18-13)12-5-6-16-8-12/h3-4,7,9,12,16H,5-6,8H2,1-2H3,(H,17,18). The fraction of sp³-hybridized carbons (Fsp3) is 0.400. The van der Waals surface area contributed by atoms with E-state index in [0.717, 1.165) is 47.9 Å². The molecule has 4 heteroatoms. The van der Waals surface area contributed by atoms with Crippen molar-refractivity contribution in [2.75, 3.05) is 20.2 Å². The summed E-state index contributed by atoms with van der Waals surface area (Å²) in [4.78, 5) is 7.96. The zero-order chi connectivity index (χ0) is 13.2. The molecule has 4 nitrogen and oxygen atoms in total. The molecule has 1 aliphatic heterocycles. The largest absolute Gasteiger partial charge is 0.496 e. The molecule has 1 aliphatic rings. The molecule has 0 amide bonds. The van der Waals surface area contributed by atoms with Gasteiger partial charge in [0.25, 0.3) is 0 Å². The molecule has 2 heterocycles. The number of aromatic nitrogens is 2. The van der Waals surface area contributed by atoms with Crippen LogP contribution in [0.1, 0.15) is 23.7 Å². The van der Waals surface area contributed by atoms with Gasteiger partial charge < -0.3 is 15.0 Å². The van der Waals surface area contributed by atoms with E-state index in [-0.39, 0.29) is 0 Å². The molecule has 1 saturated heterocycles. The van der Waals surface area contributed by atoms with Crippen molar-refractivity contribution in [3.05, 3.63) is 35.8 Å². The summed E-state index contributed by atoms with van der Waals surface area (Å²) in [6, 6.07) is 6.20. The maximum Gasteiger partial charge on any atom is 0.121 e. The van der Waals surface area contributed by atoms with Gasteiger partial charge in [0.2, 0.25) is 0 Å². The van der Waals surface area contributed by atoms with Gasteiger partial charge in [0.15, 0.2) is 0 Å². The minimum atomic E-state index is 0.521. The van der Waals surface area contributed by atoms with Gasteiger partial charge in [0, 0.05) is 18.0 Å². The quantitative estimate of drug-likeness (QED) is 0.888. The number of rotatable bonds is 3. The van der Waals surface area contributed by atoms with E-state index in [0.29, 0.717) is 5.92 Å². The summed E-state index contributed by atoms with van der Waals surface area (Å²) in [5, 5.41) is 3.37. The molecule has 1 aromatic heterocycles. The first kappa shape index (κ1) is 12.2. The van der Waals surface area contributed by atoms with Crippen LogP contribution in [-0.4, -0.2) is 30.2 Å². The smallest absolute Gasteiger partial charge is 0.121 e. The molecule has 0 aliphatic carbocycles. The highest BCUT2D eigenvalue weighted by molar-refractivity contribution is 5.61. The van der Waals surface area contributed by atoms with Crippen LogP contribution >= 0.6 is 0 Å². The Labute approximate surface area is 113 Å². The summed E-state index contributed by atoms with van der Waals surface area (Å²) in [6.07, 6.45) is 3.09. The lowest BCUT2D eigenvalue weighted by atomic mass is 10.1. The molecule has 100 valence electrons. The third-order valence-corrected chi connectivity index (χ3v) is 3.75. The van der Waals surface area contributed by atoms with Gasteiger partial charge in [-0.15, -0.1) is 0 Å². The predicted octanol–water partition coefficient (Wildman–Crippen LogP) is 2.47. The second-order valence-corrected chi connectivity index (χ2v) is 5.06. The maximum absolute atomic E-state index is 5.29. The number of hydrogen-bond donors (Lipinski definition) is 2. The van der Waals surface area contributed by atoms with Crippen LogP contribution in [0, 0.1) is 6.92 Å². The molecule has 2 aromatic rings. The van der Waals surface area contributed by atoms with Gasteiger partial charge in [-0.3, -0.25) is 0 Å². The number of H-pyrrole nitrogens is 1. The molecule has 1 unspecified atom stereocenters. The van der Waals surface area contributed by atoms with Crippen molar-refractivity contribution >= 4 is 0 Å². The van der Waals surface area contributed by atoms with Crippen LogP contribution in [0.3, 0.4) is 0 Å². The number of aromatic amines is 1. The molecule has 19 heavy (non-hydrogen) atoms. The van der Waals surface area contributed by atoms with E-state index in [4.69, 9.17) is 4.74 Å². The van der Waals surface area contributed by atoms with Crippen molar-refractivity contribution in [3.8, 4) is 17.0 Å². The van der Waals surface area contributed by atoms with Crippen molar-refractivity contribution in [2.45, 2.75) is 19.3 Å². The Bertz CT molecular complexity index is 571. The third-order valence-electron chi connectivity index (χ3n) is 3.75. The average molecular weight is 257 g/mol. The topological polar surface area (TPSA) is 49.9 Å². The minimum Gasteiger partial charge on any atom is -0.496 e. The Kier molecular flexibility index (Phi) is 3.25. The summed E-state index contributed by atoms with van der Waals surface area (Å²) in [7, 11) is 1.70. The second kappa shape index (κ2) is 5.05. The number of hydrogen-bond acceptors (Lipinski definition) is 3. The van der Waals surface area contributed by atoms with Gasteiger partial charge in [-0.2, -0.15) is 0 Å². The summed E-state index contributed by atoms with van der Waals surface area (Å²) in [5.74, 6) is 2.53. The molecule has 0 radical (unpaired) electrons. The van der Waals surface area contributed by atoms with Crippen LogP contribution in [0.25, 0.3) is 11.3 Å². The number of nitrogens with one attached hydrogen (secondary N) is 2. The fourth-order valence-electron chi connectivity index (χ4n) is 2.62. The zero-order valence-electron chi connectivity index (χ0n) is 11.4. The number of imidazole rings is 1. The number of aryl methyl sites for hydroxylation is 1. The normalized spacial score (nSPS) is 18.7. The molecule has 1 atom stereocenters. The first-order chi connectivity index (χ1) is 9.28. The van der Waals surface area contributed by atoms with Crippen molar-refractivity contribution in [1.29, 1.82) is 0 Å². The Morgan fingerprint density at radius 1 is 1.37 bits per heavy atom. The van der Waals surface area contributed by atoms with E-state index in [9.17, 15) is 0 Å². The van der Waals surface area contributed by atoms with Crippen molar-refractivity contribution in [2.24, 2.45) is 0 Å². The van der Waals surface area contributed by atoms with E-state index in [2.05, 4.69) is 34.3 Å². The zero-order valence-corrected chi connectivity index (χ0v) is 11.4. The highest BCUT2D eigenvalue weighted by atomic mass is 16.5. The lowest BCUT2D eigenvalue weighted by Crippen LogP contribution is -2.08. The summed E-state index contributed by atoms with van der Waals surface area (Å²) < 4.78 is 5.29. The summed E-state index contributed by atoms with van der Waals surface area (Å²) in [6.45, 7) is 4.16. The monoisotopic (exact) mass is 257 g/mol. The average Bonchev–Trinajstić information content (AvgIpc) is 3.09. The third kappa shape index (κ3) is 2.36. The predicted molar refractivity (Wildman–Crippen MR) is 75.5 cm³/mol. The molecule has 1 fully saturated rings. The molecular formula is C15H19N3O. The van der Waals surface area contributed by atoms with E-state index in [1.54, 1.807) is 7.11 Å². The van der Waals surface area contributed by atoms with Crippen LogP contribution in [0.15, 0.2) is 24.4 Å². The number of methoxy groups -OCH3 is 1. The van der Waals surface area contributed by atoms with Crippen molar-refractivity contribution < 1.29 is 4.74 Å². The molecular weight excluding hydrogens is 238 g/mol.